The Labute approximate surface area is 112 Å². The average Bonchev–Trinajstić information content (AvgIpc) is 3.14. The van der Waals surface area contributed by atoms with Crippen molar-refractivity contribution in [3.63, 3.8) is 0 Å². The number of carbonyl (C=O) groups excluding carboxylic acids is 1. The zero-order valence-corrected chi connectivity index (χ0v) is 10.9. The number of aromatic amines is 1. The second-order valence-electron chi connectivity index (χ2n) is 5.98. The second-order valence-corrected chi connectivity index (χ2v) is 5.98. The number of fused-ring (bicyclic) bond motifs is 3. The van der Waals surface area contributed by atoms with Crippen molar-refractivity contribution in [2.45, 2.75) is 56.8 Å². The van der Waals surface area contributed by atoms with Crippen LogP contribution in [0, 0.1) is 5.92 Å². The van der Waals surface area contributed by atoms with E-state index in [9.17, 15) is 4.79 Å². The van der Waals surface area contributed by atoms with Crippen LogP contribution in [0.3, 0.4) is 0 Å². The number of H-pyrrole nitrogens is 1. The van der Waals surface area contributed by atoms with E-state index < -0.39 is 0 Å². The fourth-order valence-electron chi connectivity index (χ4n) is 3.80. The smallest absolute Gasteiger partial charge is 0.226 e. The lowest BCUT2D eigenvalue weighted by molar-refractivity contribution is -0.127. The van der Waals surface area contributed by atoms with Gasteiger partial charge in [-0.2, -0.15) is 5.10 Å². The van der Waals surface area contributed by atoms with Crippen LogP contribution in [0.5, 0.6) is 0 Å². The summed E-state index contributed by atoms with van der Waals surface area (Å²) in [5.74, 6) is 0.228. The molecule has 4 unspecified atom stereocenters. The first-order chi connectivity index (χ1) is 9.31. The minimum absolute atomic E-state index is 0.0621. The number of rotatable bonds is 2. The number of carbonyl (C=O) groups is 1. The maximum absolute atomic E-state index is 12.4. The first-order valence-electron chi connectivity index (χ1n) is 7.29. The van der Waals surface area contributed by atoms with Crippen molar-refractivity contribution in [1.29, 1.82) is 0 Å². The van der Waals surface area contributed by atoms with Gasteiger partial charge in [0.1, 0.15) is 0 Å². The highest BCUT2D eigenvalue weighted by Gasteiger charge is 2.44. The third kappa shape index (κ3) is 1.87. The summed E-state index contributed by atoms with van der Waals surface area (Å²) < 4.78 is 5.77. The van der Waals surface area contributed by atoms with Gasteiger partial charge < -0.3 is 10.1 Å². The predicted molar refractivity (Wildman–Crippen MR) is 68.4 cm³/mol. The Morgan fingerprint density at radius 3 is 3.16 bits per heavy atom. The van der Waals surface area contributed by atoms with Gasteiger partial charge in [0.15, 0.2) is 0 Å². The maximum Gasteiger partial charge on any atom is 0.226 e. The third-order valence-electron chi connectivity index (χ3n) is 4.80. The lowest BCUT2D eigenvalue weighted by atomic mass is 9.87. The molecule has 0 saturated carbocycles. The molecule has 4 atom stereocenters. The van der Waals surface area contributed by atoms with E-state index >= 15 is 0 Å². The maximum atomic E-state index is 12.4. The minimum Gasteiger partial charge on any atom is -0.374 e. The highest BCUT2D eigenvalue weighted by Crippen LogP contribution is 2.39. The van der Waals surface area contributed by atoms with Crippen LogP contribution in [0.25, 0.3) is 0 Å². The van der Waals surface area contributed by atoms with Crippen molar-refractivity contribution in [3.05, 3.63) is 17.5 Å². The molecular formula is C14H19N3O2. The van der Waals surface area contributed by atoms with Crippen molar-refractivity contribution in [2.75, 3.05) is 0 Å². The van der Waals surface area contributed by atoms with Crippen LogP contribution < -0.4 is 5.32 Å². The number of aryl methyl sites for hydroxylation is 1. The third-order valence-corrected chi connectivity index (χ3v) is 4.80. The van der Waals surface area contributed by atoms with Gasteiger partial charge in [0.05, 0.1) is 36.1 Å². The Hall–Kier alpha value is -1.36. The van der Waals surface area contributed by atoms with E-state index in [1.165, 1.54) is 5.56 Å². The van der Waals surface area contributed by atoms with Gasteiger partial charge in [-0.1, -0.05) is 0 Å². The van der Waals surface area contributed by atoms with Crippen LogP contribution in [0.15, 0.2) is 6.20 Å². The Bertz CT molecular complexity index is 499. The summed E-state index contributed by atoms with van der Waals surface area (Å²) in [6, 6.07) is 0.109. The van der Waals surface area contributed by atoms with Gasteiger partial charge in [0, 0.05) is 0 Å². The molecule has 3 aliphatic rings. The van der Waals surface area contributed by atoms with Crippen LogP contribution in [0.2, 0.25) is 0 Å². The zero-order valence-electron chi connectivity index (χ0n) is 10.9. The molecule has 1 aromatic heterocycles. The quantitative estimate of drug-likeness (QED) is 0.847. The summed E-state index contributed by atoms with van der Waals surface area (Å²) in [4.78, 5) is 12.4. The molecule has 2 fully saturated rings. The van der Waals surface area contributed by atoms with E-state index in [4.69, 9.17) is 4.74 Å². The van der Waals surface area contributed by atoms with Crippen molar-refractivity contribution in [2.24, 2.45) is 5.92 Å². The Balaban J connectivity index is 1.46. The van der Waals surface area contributed by atoms with E-state index in [1.54, 1.807) is 0 Å². The summed E-state index contributed by atoms with van der Waals surface area (Å²) in [5.41, 5.74) is 2.35. The normalized spacial score (nSPS) is 36.2. The standard InChI is InChI=1S/C14H19N3O2/c18-14(10-6-9-4-5-12(10)19-9)16-11-3-1-2-8-7-15-17-13(8)11/h7,9-12H,1-6H2,(H,15,17)(H,16,18). The molecule has 1 amide bonds. The molecule has 1 aliphatic carbocycles. The molecule has 5 nitrogen and oxygen atoms in total. The molecule has 0 spiro atoms. The largest absolute Gasteiger partial charge is 0.374 e. The predicted octanol–water partition coefficient (Wildman–Crippen LogP) is 1.47. The molecule has 2 saturated heterocycles. The Kier molecular flexibility index (Phi) is 2.62. The van der Waals surface area contributed by atoms with Crippen LogP contribution in [0.4, 0.5) is 0 Å². The van der Waals surface area contributed by atoms with E-state index in [1.807, 2.05) is 6.20 Å². The van der Waals surface area contributed by atoms with Gasteiger partial charge in [0.2, 0.25) is 5.91 Å². The highest BCUT2D eigenvalue weighted by atomic mass is 16.5. The monoisotopic (exact) mass is 261 g/mol. The van der Waals surface area contributed by atoms with Crippen LogP contribution >= 0.6 is 0 Å². The van der Waals surface area contributed by atoms with Gasteiger partial charge >= 0.3 is 0 Å². The number of ether oxygens (including phenoxy) is 1. The molecule has 2 aliphatic heterocycles. The van der Waals surface area contributed by atoms with E-state index in [0.717, 1.165) is 44.2 Å². The van der Waals surface area contributed by atoms with E-state index in [-0.39, 0.29) is 24.0 Å². The number of nitrogens with one attached hydrogen (secondary N) is 2. The first kappa shape index (κ1) is 11.5. The number of aromatic nitrogens is 2. The summed E-state index contributed by atoms with van der Waals surface area (Å²) in [7, 11) is 0. The zero-order chi connectivity index (χ0) is 12.8. The van der Waals surface area contributed by atoms with Gasteiger partial charge in [-0.3, -0.25) is 9.89 Å². The molecule has 3 heterocycles. The van der Waals surface area contributed by atoms with Crippen molar-refractivity contribution in [1.82, 2.24) is 15.5 Å². The van der Waals surface area contributed by atoms with Crippen molar-refractivity contribution < 1.29 is 9.53 Å². The summed E-state index contributed by atoms with van der Waals surface area (Å²) in [6.45, 7) is 0. The Morgan fingerprint density at radius 2 is 2.37 bits per heavy atom. The summed E-state index contributed by atoms with van der Waals surface area (Å²) >= 11 is 0. The molecule has 2 N–H and O–H groups in total. The second kappa shape index (κ2) is 4.34. The summed E-state index contributed by atoms with van der Waals surface area (Å²) in [6.07, 6.45) is 8.63. The Morgan fingerprint density at radius 1 is 1.42 bits per heavy atom. The highest BCUT2D eigenvalue weighted by molar-refractivity contribution is 5.80. The molecule has 102 valence electrons. The average molecular weight is 261 g/mol. The number of amides is 1. The van der Waals surface area contributed by atoms with Crippen molar-refractivity contribution >= 4 is 5.91 Å². The first-order valence-corrected chi connectivity index (χ1v) is 7.29. The fourth-order valence-corrected chi connectivity index (χ4v) is 3.80. The molecule has 0 radical (unpaired) electrons. The summed E-state index contributed by atoms with van der Waals surface area (Å²) in [5, 5.41) is 10.3. The lowest BCUT2D eigenvalue weighted by Crippen LogP contribution is -2.39. The van der Waals surface area contributed by atoms with Crippen LogP contribution in [-0.2, 0) is 16.0 Å². The molecule has 19 heavy (non-hydrogen) atoms. The van der Waals surface area contributed by atoms with Crippen molar-refractivity contribution in [3.8, 4) is 0 Å². The van der Waals surface area contributed by atoms with Gasteiger partial charge in [-0.25, -0.2) is 0 Å². The van der Waals surface area contributed by atoms with Gasteiger partial charge in [0.25, 0.3) is 0 Å². The van der Waals surface area contributed by atoms with Crippen LogP contribution in [0.1, 0.15) is 49.4 Å². The topological polar surface area (TPSA) is 67.0 Å². The number of hydrogen-bond donors (Lipinski definition) is 2. The molecule has 2 bridgehead atoms. The molecule has 1 aromatic rings. The molecule has 4 rings (SSSR count). The van der Waals surface area contributed by atoms with Gasteiger partial charge in [-0.05, 0) is 44.1 Å². The van der Waals surface area contributed by atoms with E-state index in [0.29, 0.717) is 6.10 Å². The number of hydrogen-bond acceptors (Lipinski definition) is 3. The van der Waals surface area contributed by atoms with Crippen LogP contribution in [-0.4, -0.2) is 28.3 Å². The van der Waals surface area contributed by atoms with Gasteiger partial charge in [-0.15, -0.1) is 0 Å². The lowest BCUT2D eigenvalue weighted by Gasteiger charge is -2.26. The molecular weight excluding hydrogens is 242 g/mol. The SMILES string of the molecule is O=C(NC1CCCc2cn[nH]c21)C1CC2CCC1O2. The molecule has 0 aromatic carbocycles. The number of nitrogens with zero attached hydrogens (tertiary/aromatic N) is 1. The minimum atomic E-state index is 0.0621. The molecule has 5 heteroatoms. The van der Waals surface area contributed by atoms with E-state index in [2.05, 4.69) is 15.5 Å². The fraction of sp³-hybridized carbons (Fsp3) is 0.714.